The Bertz CT molecular complexity index is 1750. The number of oxime groups is 1. The molecule has 8 nitrogen and oxygen atoms in total. The lowest BCUT2D eigenvalue weighted by atomic mass is 9.83. The highest BCUT2D eigenvalue weighted by molar-refractivity contribution is 6.06. The summed E-state index contributed by atoms with van der Waals surface area (Å²) in [4.78, 5) is 33.3. The van der Waals surface area contributed by atoms with Crippen molar-refractivity contribution in [1.82, 2.24) is 5.32 Å². The minimum Gasteiger partial charge on any atom is -0.496 e. The number of ether oxygens (including phenoxy) is 1. The van der Waals surface area contributed by atoms with Crippen LogP contribution >= 0.6 is 0 Å². The van der Waals surface area contributed by atoms with E-state index < -0.39 is 71.6 Å². The van der Waals surface area contributed by atoms with Crippen LogP contribution in [0.3, 0.4) is 0 Å². The molecule has 2 aromatic rings. The number of benzene rings is 2. The fourth-order valence-corrected chi connectivity index (χ4v) is 8.30. The first-order chi connectivity index (χ1) is 23.6. The van der Waals surface area contributed by atoms with Gasteiger partial charge in [-0.25, -0.2) is 4.39 Å². The van der Waals surface area contributed by atoms with Crippen LogP contribution in [0.25, 0.3) is 0 Å². The second-order valence-electron chi connectivity index (χ2n) is 13.9. The number of nitrogens with one attached hydrogen (secondary N) is 2. The zero-order valence-electron chi connectivity index (χ0n) is 26.7. The van der Waals surface area contributed by atoms with Gasteiger partial charge in [-0.3, -0.25) is 9.59 Å². The van der Waals surface area contributed by atoms with Crippen molar-refractivity contribution in [2.24, 2.45) is 40.7 Å². The Morgan fingerprint density at radius 1 is 1.00 bits per heavy atom. The summed E-state index contributed by atoms with van der Waals surface area (Å²) in [5.74, 6) is -5.04. The lowest BCUT2D eigenvalue weighted by molar-refractivity contribution is -0.219. The van der Waals surface area contributed by atoms with Crippen LogP contribution in [0.2, 0.25) is 0 Å². The summed E-state index contributed by atoms with van der Waals surface area (Å²) in [6, 6.07) is 6.13. The summed E-state index contributed by atoms with van der Waals surface area (Å²) in [7, 11) is 1.36. The van der Waals surface area contributed by atoms with Crippen molar-refractivity contribution in [3.8, 4) is 5.75 Å². The first-order valence-corrected chi connectivity index (χ1v) is 16.5. The van der Waals surface area contributed by atoms with E-state index >= 15 is 0 Å². The summed E-state index contributed by atoms with van der Waals surface area (Å²) >= 11 is 0. The molecule has 1 aliphatic heterocycles. The maximum Gasteiger partial charge on any atom is 0.419 e. The molecule has 4 fully saturated rings. The lowest BCUT2D eigenvalue weighted by Crippen LogP contribution is -2.48. The number of aliphatic hydroxyl groups is 1. The molecule has 8 atom stereocenters. The van der Waals surface area contributed by atoms with Crippen LogP contribution in [0.5, 0.6) is 5.75 Å². The third kappa shape index (κ3) is 6.33. The standard InChI is InChI=1S/C35H34F7N3O5/c1-49-26-9-4-16(29-22-12-17(13-27(22)50-45-29)31(46)35(40,41)42)11-23(26)32(47)44-30-20-7-6-19(21(20)10-15-2-3-15)28(30)33(48)43-18-5-8-25(36)24(14-18)34(37,38)39/h4-5,8-11,14-15,17,19-20,22,27-28,30-31,46H,2-3,6-7,12-13H2,1H3,(H,43,48)(H,44,47)/b21-10-/t17?,19-,20+,22?,27?,28-,30+,31?/m0/s1. The van der Waals surface area contributed by atoms with Crippen molar-refractivity contribution < 1.29 is 55.0 Å². The summed E-state index contributed by atoms with van der Waals surface area (Å²) in [6.07, 6.45) is -7.49. The van der Waals surface area contributed by atoms with Crippen molar-refractivity contribution in [3.63, 3.8) is 0 Å². The van der Waals surface area contributed by atoms with Gasteiger partial charge in [0.25, 0.3) is 5.91 Å². The Morgan fingerprint density at radius 3 is 2.42 bits per heavy atom. The van der Waals surface area contributed by atoms with Crippen LogP contribution in [0.15, 0.2) is 53.2 Å². The second-order valence-corrected chi connectivity index (χ2v) is 13.9. The number of amides is 2. The first kappa shape index (κ1) is 34.3. The van der Waals surface area contributed by atoms with Crippen LogP contribution in [0.1, 0.15) is 60.0 Å². The molecule has 0 spiro atoms. The Kier molecular flexibility index (Phi) is 8.63. The maximum absolute atomic E-state index is 14.0. The van der Waals surface area contributed by atoms with Crippen LogP contribution in [-0.2, 0) is 15.8 Å². The molecular formula is C35H34F7N3O5. The minimum atomic E-state index is -4.97. The number of alkyl halides is 6. The summed E-state index contributed by atoms with van der Waals surface area (Å²) in [5, 5.41) is 19.5. The summed E-state index contributed by atoms with van der Waals surface area (Å²) < 4.78 is 99.3. The SMILES string of the molecule is COc1ccc(C2=NOC3CC(C(O)C(F)(F)F)CC23)cc1C(=O)N[C@H]1[C@@H](C(=O)Nc2ccc(F)c(C(F)(F)F)c2)[C@H]2CC[C@@H]1/C2=C\C1CC1. The third-order valence-electron chi connectivity index (χ3n) is 10.8. The molecule has 2 aromatic carbocycles. The Hall–Kier alpha value is -4.14. The number of allylic oxidation sites excluding steroid dienone is 1. The van der Waals surface area contributed by atoms with Crippen molar-refractivity contribution in [3.05, 3.63) is 70.6 Å². The number of rotatable bonds is 8. The molecule has 7 rings (SSSR count). The predicted molar refractivity (Wildman–Crippen MR) is 164 cm³/mol. The monoisotopic (exact) mass is 709 g/mol. The lowest BCUT2D eigenvalue weighted by Gasteiger charge is -2.30. The largest absolute Gasteiger partial charge is 0.496 e. The molecule has 2 amide bonds. The predicted octanol–water partition coefficient (Wildman–Crippen LogP) is 6.63. The van der Waals surface area contributed by atoms with E-state index in [9.17, 15) is 45.4 Å². The highest BCUT2D eigenvalue weighted by Crippen LogP contribution is 2.54. The van der Waals surface area contributed by atoms with Gasteiger partial charge in [-0.05, 0) is 92.7 Å². The van der Waals surface area contributed by atoms with Gasteiger partial charge in [0.2, 0.25) is 5.91 Å². The second kappa shape index (κ2) is 12.6. The van der Waals surface area contributed by atoms with Gasteiger partial charge in [-0.1, -0.05) is 16.8 Å². The zero-order valence-corrected chi connectivity index (χ0v) is 26.7. The topological polar surface area (TPSA) is 109 Å². The van der Waals surface area contributed by atoms with E-state index in [1.165, 1.54) is 19.2 Å². The Morgan fingerprint density at radius 2 is 1.74 bits per heavy atom. The van der Waals surface area contributed by atoms with E-state index in [1.807, 2.05) is 0 Å². The van der Waals surface area contributed by atoms with E-state index in [4.69, 9.17) is 9.57 Å². The van der Waals surface area contributed by atoms with Gasteiger partial charge < -0.3 is 25.3 Å². The van der Waals surface area contributed by atoms with Gasteiger partial charge in [0, 0.05) is 29.1 Å². The van der Waals surface area contributed by atoms with Crippen molar-refractivity contribution in [1.29, 1.82) is 0 Å². The molecule has 50 heavy (non-hydrogen) atoms. The highest BCUT2D eigenvalue weighted by Gasteiger charge is 2.55. The quantitative estimate of drug-likeness (QED) is 0.211. The van der Waals surface area contributed by atoms with Gasteiger partial charge in [-0.15, -0.1) is 0 Å². The number of methoxy groups -OCH3 is 1. The summed E-state index contributed by atoms with van der Waals surface area (Å²) in [5.41, 5.74) is 0.126. The minimum absolute atomic E-state index is 0.0195. The molecule has 2 bridgehead atoms. The van der Waals surface area contributed by atoms with Crippen molar-refractivity contribution in [2.75, 3.05) is 12.4 Å². The molecule has 15 heteroatoms. The van der Waals surface area contributed by atoms with Crippen LogP contribution in [0, 0.1) is 41.3 Å². The van der Waals surface area contributed by atoms with E-state index in [1.54, 1.807) is 6.07 Å². The van der Waals surface area contributed by atoms with Crippen molar-refractivity contribution >= 4 is 23.2 Å². The van der Waals surface area contributed by atoms with Gasteiger partial charge in [0.15, 0.2) is 6.10 Å². The van der Waals surface area contributed by atoms with Crippen LogP contribution in [0.4, 0.5) is 36.4 Å². The van der Waals surface area contributed by atoms with Gasteiger partial charge in [0.05, 0.1) is 29.9 Å². The smallest absolute Gasteiger partial charge is 0.419 e. The number of carbonyl (C=O) groups excluding carboxylic acids is 2. The normalized spacial score (nSPS) is 30.1. The van der Waals surface area contributed by atoms with E-state index in [0.717, 1.165) is 24.5 Å². The number of anilines is 1. The third-order valence-corrected chi connectivity index (χ3v) is 10.8. The molecule has 4 unspecified atom stereocenters. The summed E-state index contributed by atoms with van der Waals surface area (Å²) in [6.45, 7) is 0. The fourth-order valence-electron chi connectivity index (χ4n) is 8.30. The number of hydrogen-bond acceptors (Lipinski definition) is 6. The maximum atomic E-state index is 14.0. The van der Waals surface area contributed by atoms with Gasteiger partial charge in [-0.2, -0.15) is 26.3 Å². The van der Waals surface area contributed by atoms with Crippen molar-refractivity contribution in [2.45, 2.75) is 69.1 Å². The number of aliphatic hydroxyl groups excluding tert-OH is 1. The van der Waals surface area contributed by atoms with E-state index in [-0.39, 0.29) is 41.7 Å². The van der Waals surface area contributed by atoms with Crippen LogP contribution < -0.4 is 15.4 Å². The Labute approximate surface area is 282 Å². The molecule has 3 N–H and O–H groups in total. The molecule has 0 aromatic heterocycles. The van der Waals surface area contributed by atoms with Gasteiger partial charge >= 0.3 is 12.4 Å². The zero-order chi connectivity index (χ0) is 35.7. The molecule has 4 aliphatic carbocycles. The average molecular weight is 710 g/mol. The molecule has 5 aliphatic rings. The number of hydrogen-bond donors (Lipinski definition) is 3. The number of carbonyl (C=O) groups is 2. The molecule has 0 saturated heterocycles. The Balaban J connectivity index is 1.14. The molecule has 0 radical (unpaired) electrons. The van der Waals surface area contributed by atoms with Crippen LogP contribution in [-0.4, -0.2) is 54.2 Å². The number of nitrogens with zero attached hydrogens (tertiary/aromatic N) is 1. The number of halogens is 7. The molecular weight excluding hydrogens is 675 g/mol. The molecule has 1 heterocycles. The van der Waals surface area contributed by atoms with Gasteiger partial charge in [0.1, 0.15) is 17.7 Å². The molecule has 268 valence electrons. The van der Waals surface area contributed by atoms with E-state index in [0.29, 0.717) is 42.2 Å². The average Bonchev–Trinajstić information content (AvgIpc) is 3.33. The first-order valence-electron chi connectivity index (χ1n) is 16.5. The van der Waals surface area contributed by atoms with E-state index in [2.05, 4.69) is 21.9 Å². The number of fused-ring (bicyclic) bond motifs is 3. The highest BCUT2D eigenvalue weighted by atomic mass is 19.4. The molecule has 4 saturated carbocycles. The fraction of sp³-hybridized carbons (Fsp3) is 0.514.